The molecule has 0 spiro atoms. The first kappa shape index (κ1) is 14.0. The second kappa shape index (κ2) is 5.56. The molecule has 1 saturated heterocycles. The van der Waals surface area contributed by atoms with E-state index in [0.29, 0.717) is 18.1 Å². The number of pyridine rings is 1. The van der Waals surface area contributed by atoms with E-state index >= 15 is 0 Å². The summed E-state index contributed by atoms with van der Waals surface area (Å²) in [6, 6.07) is 15.9. The molecule has 0 unspecified atom stereocenters. The van der Waals surface area contributed by atoms with Gasteiger partial charge in [0.2, 0.25) is 0 Å². The minimum atomic E-state index is -0.0515. The highest BCUT2D eigenvalue weighted by atomic mass is 35.5. The highest BCUT2D eigenvalue weighted by molar-refractivity contribution is 6.30. The van der Waals surface area contributed by atoms with Gasteiger partial charge in [0.1, 0.15) is 0 Å². The Bertz CT molecular complexity index is 896. The van der Waals surface area contributed by atoms with Crippen molar-refractivity contribution in [3.05, 3.63) is 65.9 Å². The van der Waals surface area contributed by atoms with Crippen LogP contribution in [0, 0.1) is 0 Å². The summed E-state index contributed by atoms with van der Waals surface area (Å²) in [7, 11) is 0. The van der Waals surface area contributed by atoms with E-state index in [0.717, 1.165) is 16.8 Å². The molecule has 0 bridgehead atoms. The van der Waals surface area contributed by atoms with Gasteiger partial charge >= 0.3 is 6.03 Å². The van der Waals surface area contributed by atoms with Crippen molar-refractivity contribution in [3.8, 4) is 0 Å². The van der Waals surface area contributed by atoms with Gasteiger partial charge < -0.3 is 0 Å². The molecule has 4 nitrogen and oxygen atoms in total. The topological polar surface area (TPSA) is 36.4 Å². The normalized spacial score (nSPS) is 14.7. The van der Waals surface area contributed by atoms with E-state index in [1.165, 1.54) is 5.39 Å². The summed E-state index contributed by atoms with van der Waals surface area (Å²) in [4.78, 5) is 20.3. The molecule has 114 valence electrons. The average Bonchev–Trinajstić information content (AvgIpc) is 2.96. The number of benzene rings is 2. The second-order valence-electron chi connectivity index (χ2n) is 5.48. The number of hydrogen-bond acceptors (Lipinski definition) is 2. The van der Waals surface area contributed by atoms with Crippen molar-refractivity contribution in [2.45, 2.75) is 0 Å². The summed E-state index contributed by atoms with van der Waals surface area (Å²) in [6.07, 6.45) is 3.22. The van der Waals surface area contributed by atoms with Crippen molar-refractivity contribution in [1.29, 1.82) is 0 Å². The van der Waals surface area contributed by atoms with Crippen LogP contribution < -0.4 is 9.80 Å². The van der Waals surface area contributed by atoms with E-state index in [9.17, 15) is 4.79 Å². The number of anilines is 2. The third kappa shape index (κ3) is 2.51. The minimum Gasteiger partial charge on any atom is -0.292 e. The van der Waals surface area contributed by atoms with Crippen LogP contribution in [0.5, 0.6) is 0 Å². The Morgan fingerprint density at radius 1 is 0.870 bits per heavy atom. The lowest BCUT2D eigenvalue weighted by atomic mass is 10.1. The Balaban J connectivity index is 1.66. The number of rotatable bonds is 2. The van der Waals surface area contributed by atoms with Gasteiger partial charge in [-0.1, -0.05) is 41.9 Å². The van der Waals surface area contributed by atoms with Gasteiger partial charge in [-0.3, -0.25) is 14.8 Å². The van der Waals surface area contributed by atoms with Crippen LogP contribution in [0.25, 0.3) is 10.8 Å². The molecule has 0 aliphatic carbocycles. The van der Waals surface area contributed by atoms with E-state index in [2.05, 4.69) is 17.1 Å². The third-order valence-corrected chi connectivity index (χ3v) is 4.26. The van der Waals surface area contributed by atoms with Gasteiger partial charge in [0, 0.05) is 25.0 Å². The monoisotopic (exact) mass is 323 g/mol. The van der Waals surface area contributed by atoms with E-state index in [1.54, 1.807) is 28.3 Å². The molecule has 0 radical (unpaired) electrons. The van der Waals surface area contributed by atoms with E-state index < -0.39 is 0 Å². The first-order chi connectivity index (χ1) is 11.2. The number of urea groups is 1. The summed E-state index contributed by atoms with van der Waals surface area (Å²) >= 11 is 5.98. The fourth-order valence-corrected chi connectivity index (χ4v) is 3.08. The third-order valence-electron chi connectivity index (χ3n) is 4.06. The fraction of sp³-hybridized carbons (Fsp3) is 0.111. The molecule has 0 saturated carbocycles. The highest BCUT2D eigenvalue weighted by Gasteiger charge is 2.30. The second-order valence-corrected chi connectivity index (χ2v) is 5.92. The molecule has 0 atom stereocenters. The van der Waals surface area contributed by atoms with Crippen molar-refractivity contribution in [3.63, 3.8) is 0 Å². The molecule has 4 rings (SSSR count). The molecule has 0 N–H and O–H groups in total. The van der Waals surface area contributed by atoms with Gasteiger partial charge in [0.25, 0.3) is 0 Å². The van der Waals surface area contributed by atoms with Crippen molar-refractivity contribution in [2.75, 3.05) is 22.9 Å². The quantitative estimate of drug-likeness (QED) is 0.703. The number of fused-ring (bicyclic) bond motifs is 1. The maximum atomic E-state index is 12.7. The minimum absolute atomic E-state index is 0.0515. The van der Waals surface area contributed by atoms with Crippen LogP contribution in [-0.2, 0) is 0 Å². The fourth-order valence-electron chi connectivity index (χ4n) is 2.91. The molecule has 2 amide bonds. The zero-order valence-corrected chi connectivity index (χ0v) is 13.1. The Morgan fingerprint density at radius 2 is 1.61 bits per heavy atom. The summed E-state index contributed by atoms with van der Waals surface area (Å²) in [5, 5.41) is 2.82. The molecule has 3 aromatic rings. The van der Waals surface area contributed by atoms with Gasteiger partial charge in [-0.05, 0) is 29.0 Å². The van der Waals surface area contributed by atoms with Crippen molar-refractivity contribution >= 4 is 39.8 Å². The van der Waals surface area contributed by atoms with E-state index in [-0.39, 0.29) is 6.03 Å². The molecule has 1 aromatic heterocycles. The standard InChI is InChI=1S/C18H14ClN3O/c19-15-10-17(12-20-11-15)22-8-7-21(18(22)23)16-6-5-13-3-1-2-4-14(13)9-16/h1-6,9-12H,7-8H2. The molecular weight excluding hydrogens is 310 g/mol. The maximum absolute atomic E-state index is 12.7. The van der Waals surface area contributed by atoms with Crippen LogP contribution in [-0.4, -0.2) is 24.1 Å². The van der Waals surface area contributed by atoms with Crippen LogP contribution in [0.3, 0.4) is 0 Å². The predicted octanol–water partition coefficient (Wildman–Crippen LogP) is 4.33. The van der Waals surface area contributed by atoms with Crippen LogP contribution in [0.2, 0.25) is 5.02 Å². The van der Waals surface area contributed by atoms with Crippen LogP contribution >= 0.6 is 11.6 Å². The van der Waals surface area contributed by atoms with Gasteiger partial charge in [-0.2, -0.15) is 0 Å². The molecule has 1 fully saturated rings. The number of nitrogens with zero attached hydrogens (tertiary/aromatic N) is 3. The van der Waals surface area contributed by atoms with Gasteiger partial charge in [0.05, 0.1) is 16.9 Å². The molecular formula is C18H14ClN3O. The maximum Gasteiger partial charge on any atom is 0.329 e. The number of carbonyl (C=O) groups excluding carboxylic acids is 1. The van der Waals surface area contributed by atoms with Crippen molar-refractivity contribution in [1.82, 2.24) is 4.98 Å². The molecule has 1 aliphatic heterocycles. The van der Waals surface area contributed by atoms with E-state index in [4.69, 9.17) is 11.6 Å². The Hall–Kier alpha value is -2.59. The number of halogens is 1. The molecule has 2 heterocycles. The number of hydrogen-bond donors (Lipinski definition) is 0. The smallest absolute Gasteiger partial charge is 0.292 e. The zero-order chi connectivity index (χ0) is 15.8. The SMILES string of the molecule is O=C1N(c2cncc(Cl)c2)CCN1c1ccc2ccccc2c1. The number of amides is 2. The van der Waals surface area contributed by atoms with Crippen molar-refractivity contribution < 1.29 is 4.79 Å². The first-order valence-electron chi connectivity index (χ1n) is 7.41. The van der Waals surface area contributed by atoms with Gasteiger partial charge in [-0.15, -0.1) is 0 Å². The molecule has 23 heavy (non-hydrogen) atoms. The van der Waals surface area contributed by atoms with Crippen LogP contribution in [0.15, 0.2) is 60.9 Å². The Kier molecular flexibility index (Phi) is 3.39. The predicted molar refractivity (Wildman–Crippen MR) is 93.3 cm³/mol. The highest BCUT2D eigenvalue weighted by Crippen LogP contribution is 2.28. The van der Waals surface area contributed by atoms with Crippen LogP contribution in [0.4, 0.5) is 16.2 Å². The average molecular weight is 324 g/mol. The summed E-state index contributed by atoms with van der Waals surface area (Å²) < 4.78 is 0. The summed E-state index contributed by atoms with van der Waals surface area (Å²) in [6.45, 7) is 1.26. The number of carbonyl (C=O) groups is 1. The summed E-state index contributed by atoms with van der Waals surface area (Å²) in [5.74, 6) is 0. The Labute approximate surface area is 138 Å². The van der Waals surface area contributed by atoms with E-state index in [1.807, 2.05) is 30.3 Å². The zero-order valence-electron chi connectivity index (χ0n) is 12.3. The Morgan fingerprint density at radius 3 is 2.39 bits per heavy atom. The lowest BCUT2D eigenvalue weighted by Gasteiger charge is -2.19. The summed E-state index contributed by atoms with van der Waals surface area (Å²) in [5.41, 5.74) is 1.64. The van der Waals surface area contributed by atoms with Gasteiger partial charge in [-0.25, -0.2) is 4.79 Å². The molecule has 2 aromatic carbocycles. The first-order valence-corrected chi connectivity index (χ1v) is 7.78. The van der Waals surface area contributed by atoms with Gasteiger partial charge in [0.15, 0.2) is 0 Å². The van der Waals surface area contributed by atoms with Crippen molar-refractivity contribution in [2.24, 2.45) is 0 Å². The lowest BCUT2D eigenvalue weighted by Crippen LogP contribution is -2.31. The number of aromatic nitrogens is 1. The lowest BCUT2D eigenvalue weighted by molar-refractivity contribution is 0.256. The van der Waals surface area contributed by atoms with Crippen LogP contribution in [0.1, 0.15) is 0 Å². The largest absolute Gasteiger partial charge is 0.329 e. The molecule has 1 aliphatic rings. The molecule has 5 heteroatoms.